The van der Waals surface area contributed by atoms with E-state index < -0.39 is 0 Å². The van der Waals surface area contributed by atoms with Crippen LogP contribution in [0.25, 0.3) is 0 Å². The fourth-order valence-corrected chi connectivity index (χ4v) is 0. The molecule has 0 nitrogen and oxygen atoms in total. The van der Waals surface area contributed by atoms with Crippen LogP contribution in [0.3, 0.4) is 0 Å². The molecule has 0 rings (SSSR count). The smallest absolute Gasteiger partial charge is 0.113 e. The van der Waals surface area contributed by atoms with Gasteiger partial charge in [0.1, 0.15) is 16.3 Å². The lowest BCUT2D eigenvalue weighted by Gasteiger charge is -1.80. The second kappa shape index (κ2) is 10.1. The predicted molar refractivity (Wildman–Crippen MR) is 51.7 cm³/mol. The van der Waals surface area contributed by atoms with Gasteiger partial charge in [0.05, 0.1) is 0 Å². The Morgan fingerprint density at radius 3 is 1.17 bits per heavy atom. The van der Waals surface area contributed by atoms with E-state index >= 15 is 0 Å². The summed E-state index contributed by atoms with van der Waals surface area (Å²) in [6.07, 6.45) is 0. The molecule has 0 aromatic heterocycles. The Labute approximate surface area is 81.9 Å². The van der Waals surface area contributed by atoms with E-state index in [1.54, 1.807) is 0 Å². The maximum atomic E-state index is 2.66. The predicted octanol–water partition coefficient (Wildman–Crippen LogP) is 2.22. The van der Waals surface area contributed by atoms with Gasteiger partial charge < -0.3 is 0 Å². The van der Waals surface area contributed by atoms with Gasteiger partial charge in [-0.2, -0.15) is 0 Å². The molecule has 0 unspecified atom stereocenters. The van der Waals surface area contributed by atoms with Crippen molar-refractivity contribution in [2.24, 2.45) is 0 Å². The number of rotatable bonds is 0. The van der Waals surface area contributed by atoms with Gasteiger partial charge in [-0.1, -0.05) is 13.8 Å². The zero-order chi connectivity index (χ0) is 3.58. The largest absolute Gasteiger partial charge is 0.122 e. The third kappa shape index (κ3) is 37.6. The van der Waals surface area contributed by atoms with E-state index in [4.69, 9.17) is 0 Å². The van der Waals surface area contributed by atoms with Crippen molar-refractivity contribution in [3.63, 3.8) is 0 Å². The summed E-state index contributed by atoms with van der Waals surface area (Å²) in [4.78, 5) is 0. The van der Waals surface area contributed by atoms with E-state index in [0.29, 0.717) is 0 Å². The highest BCUT2D eigenvalue weighted by atomic mass is 127. The van der Waals surface area contributed by atoms with E-state index in [1.807, 2.05) is 0 Å². The summed E-state index contributed by atoms with van der Waals surface area (Å²) in [6, 6.07) is 0. The number of halogens is 2. The molecule has 0 fully saturated rings. The highest BCUT2D eigenvalue weighted by Crippen LogP contribution is 1.84. The maximum Gasteiger partial charge on any atom is 0.122 e. The van der Waals surface area contributed by atoms with E-state index in [-0.39, 0.29) is 48.0 Å². The summed E-state index contributed by atoms with van der Waals surface area (Å²) in [5.74, 6) is 0. The fourth-order valence-electron chi connectivity index (χ4n) is 0. The molecule has 0 spiro atoms. The Morgan fingerprint density at radius 2 is 1.17 bits per heavy atom. The van der Waals surface area contributed by atoms with Crippen LogP contribution in [0.5, 0.6) is 0 Å². The molecule has 0 amide bonds. The molecule has 2 radical (unpaired) electrons. The van der Waals surface area contributed by atoms with Crippen LogP contribution in [0, 0.1) is 0 Å². The van der Waals surface area contributed by atoms with Crippen molar-refractivity contribution in [1.29, 1.82) is 0 Å². The highest BCUT2D eigenvalue weighted by molar-refractivity contribution is 14.0. The van der Waals surface area contributed by atoms with E-state index in [0.717, 1.165) is 4.78 Å². The lowest BCUT2D eigenvalue weighted by molar-refractivity contribution is 1.08. The van der Waals surface area contributed by atoms with Crippen molar-refractivity contribution in [3.8, 4) is 0 Å². The molecule has 0 aromatic rings. The second-order valence-electron chi connectivity index (χ2n) is 1.24. The molecule has 0 bridgehead atoms. The van der Waals surface area contributed by atoms with Gasteiger partial charge in [0, 0.05) is 0 Å². The Kier molecular flexibility index (Phi) is 26.3. The maximum absolute atomic E-state index is 2.66. The van der Waals surface area contributed by atoms with Gasteiger partial charge in [-0.15, -0.1) is 52.7 Å². The lowest BCUT2D eigenvalue weighted by atomic mass is 10.6. The third-order valence-electron chi connectivity index (χ3n) is 0. The minimum Gasteiger partial charge on any atom is -0.113 e. The van der Waals surface area contributed by atoms with Crippen LogP contribution in [0.4, 0.5) is 0 Å². The van der Waals surface area contributed by atoms with Gasteiger partial charge in [0.25, 0.3) is 0 Å². The molecule has 6 heavy (non-hydrogen) atoms. The molecule has 38 valence electrons. The van der Waals surface area contributed by atoms with Crippen molar-refractivity contribution in [1.82, 2.24) is 0 Å². The van der Waals surface area contributed by atoms with Crippen LogP contribution in [0.1, 0.15) is 13.8 Å². The van der Waals surface area contributed by atoms with Gasteiger partial charge in [-0.3, -0.25) is 0 Å². The van der Waals surface area contributed by atoms with Crippen molar-refractivity contribution >= 4 is 64.2 Å². The topological polar surface area (TPSA) is 0 Å². The standard InChI is InChI=1S/C3H7.Al.2HI/c1-3-2;;;/h3H,1-2H3;;2*1H. The first-order valence-electron chi connectivity index (χ1n) is 1.49. The van der Waals surface area contributed by atoms with Crippen molar-refractivity contribution in [3.05, 3.63) is 0 Å². The van der Waals surface area contributed by atoms with Crippen molar-refractivity contribution < 1.29 is 0 Å². The van der Waals surface area contributed by atoms with Gasteiger partial charge in [0.15, 0.2) is 0 Å². The summed E-state index contributed by atoms with van der Waals surface area (Å²) in [5.41, 5.74) is 0. The molecule has 0 saturated carbocycles. The highest BCUT2D eigenvalue weighted by Gasteiger charge is 1.68. The summed E-state index contributed by atoms with van der Waals surface area (Å²) in [6.45, 7) is 4.26. The number of hydrogen-bond donors (Lipinski definition) is 0. The minimum absolute atomic E-state index is 0. The van der Waals surface area contributed by atoms with Gasteiger partial charge in [-0.05, 0) is 0 Å². The Morgan fingerprint density at radius 1 is 1.17 bits per heavy atom. The number of hydrogen-bond acceptors (Lipinski definition) is 0. The Bertz CT molecular complexity index is 13.5. The average molecular weight is 326 g/mol. The zero-order valence-corrected chi connectivity index (χ0v) is 9.79. The first kappa shape index (κ1) is 15.7. The molecule has 0 saturated heterocycles. The van der Waals surface area contributed by atoms with Crippen LogP contribution < -0.4 is 0 Å². The van der Waals surface area contributed by atoms with E-state index in [1.165, 1.54) is 0 Å². The summed E-state index contributed by atoms with van der Waals surface area (Å²) < 4.78 is 0.750. The van der Waals surface area contributed by atoms with Crippen molar-refractivity contribution in [2.45, 2.75) is 18.6 Å². The lowest BCUT2D eigenvalue weighted by Crippen LogP contribution is -1.67. The van der Waals surface area contributed by atoms with Crippen LogP contribution in [0.15, 0.2) is 0 Å². The quantitative estimate of drug-likeness (QED) is 0.473. The van der Waals surface area contributed by atoms with E-state index in [9.17, 15) is 0 Å². The Balaban J connectivity index is -0.0000000450. The second-order valence-corrected chi connectivity index (χ2v) is 2.58. The molecule has 0 heterocycles. The van der Waals surface area contributed by atoms with Gasteiger partial charge >= 0.3 is 0 Å². The molecular formula is C3H9AlI2. The van der Waals surface area contributed by atoms with Crippen molar-refractivity contribution in [2.75, 3.05) is 0 Å². The average Bonchev–Trinajstić information content (AvgIpc) is 0.811. The monoisotopic (exact) mass is 326 g/mol. The van der Waals surface area contributed by atoms with Crippen LogP contribution in [-0.2, 0) is 0 Å². The van der Waals surface area contributed by atoms with Gasteiger partial charge in [0.2, 0.25) is 0 Å². The third-order valence-corrected chi connectivity index (χ3v) is 0. The SMILES string of the molecule is C[CH](C)[Al].I.I. The summed E-state index contributed by atoms with van der Waals surface area (Å²) in [7, 11) is 0. The molecular weight excluding hydrogens is 317 g/mol. The molecule has 3 heteroatoms. The summed E-state index contributed by atoms with van der Waals surface area (Å²) in [5, 5.41) is 0. The first-order chi connectivity index (χ1) is 1.73. The molecule has 0 aromatic carbocycles. The Hall–Kier alpha value is 1.99. The molecule has 0 aliphatic heterocycles. The fraction of sp³-hybridized carbons (Fsp3) is 1.00. The van der Waals surface area contributed by atoms with Gasteiger partial charge in [-0.25, -0.2) is 0 Å². The van der Waals surface area contributed by atoms with E-state index in [2.05, 4.69) is 30.1 Å². The van der Waals surface area contributed by atoms with Crippen LogP contribution in [-0.4, -0.2) is 16.3 Å². The minimum atomic E-state index is 0. The van der Waals surface area contributed by atoms with Crippen LogP contribution in [0.2, 0.25) is 4.78 Å². The van der Waals surface area contributed by atoms with Crippen LogP contribution >= 0.6 is 48.0 Å². The summed E-state index contributed by atoms with van der Waals surface area (Å²) >= 11 is 2.66. The molecule has 0 aliphatic carbocycles. The molecule has 0 atom stereocenters. The first-order valence-corrected chi connectivity index (χ1v) is 2.15. The normalized spacial score (nSPS) is 5.83. The molecule has 0 aliphatic rings. The molecule has 0 N–H and O–H groups in total. The zero-order valence-electron chi connectivity index (χ0n) is 3.97.